The molecule has 10 atom stereocenters. The van der Waals surface area contributed by atoms with E-state index in [-0.39, 0.29) is 51.9 Å². The average molecular weight is 635 g/mol. The van der Waals surface area contributed by atoms with Crippen molar-refractivity contribution in [3.05, 3.63) is 12.2 Å². The maximum atomic E-state index is 14.7. The summed E-state index contributed by atoms with van der Waals surface area (Å²) in [6, 6.07) is 0. The van der Waals surface area contributed by atoms with Gasteiger partial charge in [0.1, 0.15) is 11.9 Å². The molecular weight excluding hydrogens is 569 g/mol. The van der Waals surface area contributed by atoms with Crippen LogP contribution in [0.4, 0.5) is 0 Å². The van der Waals surface area contributed by atoms with Gasteiger partial charge < -0.3 is 13.6 Å². The Balaban J connectivity index is 1.69. The van der Waals surface area contributed by atoms with E-state index in [4.69, 9.17) is 13.6 Å². The second-order valence-electron chi connectivity index (χ2n) is 17.4. The molecule has 0 amide bonds. The lowest BCUT2D eigenvalue weighted by Gasteiger charge is -2.41. The quantitative estimate of drug-likeness (QED) is 0.171. The Morgan fingerprint density at radius 1 is 0.884 bits per heavy atom. The van der Waals surface area contributed by atoms with Crippen LogP contribution in [0.2, 0.25) is 36.3 Å². The van der Waals surface area contributed by atoms with Crippen LogP contribution in [0.5, 0.6) is 0 Å². The highest BCUT2D eigenvalue weighted by Crippen LogP contribution is 2.57. The van der Waals surface area contributed by atoms with Gasteiger partial charge in [0.25, 0.3) is 0 Å². The van der Waals surface area contributed by atoms with Gasteiger partial charge in [-0.1, -0.05) is 67.5 Å². The molecule has 5 nitrogen and oxygen atoms in total. The van der Waals surface area contributed by atoms with Crippen molar-refractivity contribution in [1.82, 2.24) is 0 Å². The zero-order chi connectivity index (χ0) is 33.9. The first-order chi connectivity index (χ1) is 20.5. The predicted octanol–water partition coefficient (Wildman–Crippen LogP) is 9.33. The van der Waals surface area contributed by atoms with Gasteiger partial charge >= 0.3 is 5.97 Å². The van der Waals surface area contributed by atoms with E-state index in [1.165, 1.54) is 0 Å². The molecule has 4 rings (SSSR count). The third kappa shape index (κ3) is 7.46. The highest BCUT2D eigenvalue weighted by atomic mass is 28.4. The number of carbonyl (C=O) groups excluding carboxylic acids is 2. The van der Waals surface area contributed by atoms with Crippen molar-refractivity contribution in [2.24, 2.45) is 41.4 Å². The molecule has 0 aromatic heterocycles. The van der Waals surface area contributed by atoms with Gasteiger partial charge in [-0.3, -0.25) is 9.59 Å². The lowest BCUT2D eigenvalue weighted by atomic mass is 9.71. The summed E-state index contributed by atoms with van der Waals surface area (Å²) in [4.78, 5) is 28.3. The predicted molar refractivity (Wildman–Crippen MR) is 181 cm³/mol. The van der Waals surface area contributed by atoms with Gasteiger partial charge in [-0.25, -0.2) is 0 Å². The number of fused-ring (bicyclic) bond motifs is 5. The topological polar surface area (TPSA) is 61.8 Å². The summed E-state index contributed by atoms with van der Waals surface area (Å²) < 4.78 is 38.4. The van der Waals surface area contributed by atoms with Crippen molar-refractivity contribution in [2.45, 2.75) is 161 Å². The summed E-state index contributed by atoms with van der Waals surface area (Å²) in [7, 11) is -4.12. The number of ether oxygens (including phenoxy) is 1. The van der Waals surface area contributed by atoms with Crippen molar-refractivity contribution < 1.29 is 25.9 Å². The highest BCUT2D eigenvalue weighted by Gasteiger charge is 2.55. The molecule has 2 saturated carbocycles. The summed E-state index contributed by atoms with van der Waals surface area (Å²) in [5.74, 6) is -1.71. The molecule has 0 spiro atoms. The zero-order valence-corrected chi connectivity index (χ0v) is 31.4. The van der Waals surface area contributed by atoms with Gasteiger partial charge in [0, 0.05) is 27.1 Å². The number of Topliss-reactive ketones (excluding diaryl/α,β-unsaturated/α-hetero) is 1. The molecule has 0 unspecified atom stereocenters. The molecular formula is C36H64O5Si2. The smallest absolute Gasteiger partial charge is 0.306 e. The van der Waals surface area contributed by atoms with Crippen LogP contribution in [0.3, 0.4) is 0 Å². The number of esters is 1. The van der Waals surface area contributed by atoms with E-state index in [1.807, 2.05) is 13.8 Å². The molecule has 4 aliphatic rings. The molecule has 0 bridgehead atoms. The minimum Gasteiger partial charge on any atom is -0.462 e. The fraction of sp³-hybridized carbons (Fsp3) is 0.889. The van der Waals surface area contributed by atoms with Crippen LogP contribution in [-0.4, -0.2) is 46.7 Å². The van der Waals surface area contributed by atoms with Crippen molar-refractivity contribution in [2.75, 3.05) is 0 Å². The first-order valence-electron chi connectivity index (χ1n) is 18.3. The third-order valence-corrected chi connectivity index (χ3v) is 21.6. The molecule has 0 aromatic carbocycles. The van der Waals surface area contributed by atoms with Crippen LogP contribution in [-0.2, 0) is 23.2 Å². The normalized spacial score (nSPS) is 39.9. The number of hydrogen-bond donors (Lipinski definition) is 0. The monoisotopic (exact) mass is 634 g/mol. The van der Waals surface area contributed by atoms with E-state index >= 15 is 0 Å². The number of hydrogen-bond acceptors (Lipinski definition) is 5. The molecule has 1 heterocycles. The Morgan fingerprint density at radius 2 is 1.51 bits per heavy atom. The maximum Gasteiger partial charge on any atom is 0.306 e. The first-order valence-corrected chi connectivity index (χ1v) is 23.1. The van der Waals surface area contributed by atoms with E-state index in [0.717, 1.165) is 25.7 Å². The van der Waals surface area contributed by atoms with Crippen molar-refractivity contribution in [1.29, 1.82) is 0 Å². The van der Waals surface area contributed by atoms with Crippen LogP contribution < -0.4 is 0 Å². The molecule has 1 aliphatic heterocycles. The van der Waals surface area contributed by atoms with Crippen LogP contribution in [0.25, 0.3) is 0 Å². The molecule has 3 fully saturated rings. The van der Waals surface area contributed by atoms with Gasteiger partial charge in [0.05, 0.1) is 6.10 Å². The van der Waals surface area contributed by atoms with Crippen LogP contribution >= 0.6 is 0 Å². The van der Waals surface area contributed by atoms with Crippen LogP contribution in [0, 0.1) is 41.4 Å². The van der Waals surface area contributed by atoms with Gasteiger partial charge in [-0.15, -0.1) is 0 Å². The molecule has 3 aliphatic carbocycles. The van der Waals surface area contributed by atoms with Crippen molar-refractivity contribution in [3.63, 3.8) is 0 Å². The number of carbonyl (C=O) groups is 2. The van der Waals surface area contributed by atoms with Gasteiger partial charge in [-0.05, 0) is 111 Å². The zero-order valence-electron chi connectivity index (χ0n) is 31.4. The highest BCUT2D eigenvalue weighted by molar-refractivity contribution is 6.74. The molecule has 0 N–H and O–H groups in total. The van der Waals surface area contributed by atoms with Gasteiger partial charge in [-0.2, -0.15) is 0 Å². The number of allylic oxidation sites excluding steroid dienone is 2. The summed E-state index contributed by atoms with van der Waals surface area (Å²) >= 11 is 0. The van der Waals surface area contributed by atoms with Gasteiger partial charge in [0.15, 0.2) is 16.6 Å². The maximum absolute atomic E-state index is 14.7. The minimum absolute atomic E-state index is 0.00852. The van der Waals surface area contributed by atoms with E-state index in [2.05, 4.69) is 79.9 Å². The summed E-state index contributed by atoms with van der Waals surface area (Å²) in [6.07, 6.45) is 7.14. The standard InChI is InChI=1S/C36H64O5Si2/c1-13-25-15-14-16-32(41-43(11,12)36(6,7)8)23(2)34(38)31-21-29-27(30(31)22-33(37)39-25)18-17-24-19-26(20-28(24)29)40-42(9,10)35(3,4)5/h17-18,23-32H,13-16,19-22H2,1-12H3/t23-,24-,25+,26-,27-,28-,29-,30+,31+,32-/m1/s1/i22D2. The van der Waals surface area contributed by atoms with E-state index in [0.29, 0.717) is 31.1 Å². The lowest BCUT2D eigenvalue weighted by molar-refractivity contribution is -0.152. The van der Waals surface area contributed by atoms with E-state index < -0.39 is 40.8 Å². The molecule has 7 heteroatoms. The SMILES string of the molecule is [2H]C1([2H])C(=O)O[C@@H](CC)CCC[C@@H](O[Si](C)(C)C(C)(C)C)[C@@H](C)C(=O)[C@H]2C[C@@H]3[C@@H](C=C[C@@H]4C[C@@H](O[Si](C)(C)C(C)(C)C)C[C@@H]34)[C@@H]21. The Hall–Kier alpha value is -0.766. The van der Waals surface area contributed by atoms with Crippen molar-refractivity contribution in [3.8, 4) is 0 Å². The van der Waals surface area contributed by atoms with Gasteiger partial charge in [0.2, 0.25) is 0 Å². The largest absolute Gasteiger partial charge is 0.462 e. The fourth-order valence-electron chi connectivity index (χ4n) is 7.77. The van der Waals surface area contributed by atoms with E-state index in [9.17, 15) is 12.3 Å². The Bertz CT molecular complexity index is 1120. The summed E-state index contributed by atoms with van der Waals surface area (Å²) in [5.41, 5.74) is 0. The number of cyclic esters (lactones) is 1. The van der Waals surface area contributed by atoms with Crippen LogP contribution in [0.1, 0.15) is 109 Å². The molecule has 1 saturated heterocycles. The second-order valence-corrected chi connectivity index (χ2v) is 26.9. The van der Waals surface area contributed by atoms with E-state index in [1.54, 1.807) is 0 Å². The second kappa shape index (κ2) is 12.8. The molecule has 43 heavy (non-hydrogen) atoms. The molecule has 246 valence electrons. The Kier molecular flexibility index (Phi) is 9.58. The average Bonchev–Trinajstić information content (AvgIpc) is 3.50. The van der Waals surface area contributed by atoms with Crippen LogP contribution in [0.15, 0.2) is 12.2 Å². The first kappa shape index (κ1) is 32.2. The minimum atomic E-state index is -2.26. The Morgan fingerprint density at radius 3 is 2.12 bits per heavy atom. The lowest BCUT2D eigenvalue weighted by Crippen LogP contribution is -2.47. The number of rotatable bonds is 5. The van der Waals surface area contributed by atoms with Crippen molar-refractivity contribution >= 4 is 28.4 Å². The molecule has 0 radical (unpaired) electrons. The Labute approximate surface area is 268 Å². The fourth-order valence-corrected chi connectivity index (χ4v) is 10.6. The molecule has 0 aromatic rings. The number of ketones is 1. The summed E-state index contributed by atoms with van der Waals surface area (Å²) in [5, 5.41) is 0.138. The third-order valence-electron chi connectivity index (χ3n) is 12.5. The summed E-state index contributed by atoms with van der Waals surface area (Å²) in [6.45, 7) is 26.6.